The van der Waals surface area contributed by atoms with Crippen molar-refractivity contribution in [1.29, 1.82) is 0 Å². The summed E-state index contributed by atoms with van der Waals surface area (Å²) in [5, 5.41) is 10.3. The Hall–Kier alpha value is -1.75. The monoisotopic (exact) mass is 223 g/mol. The summed E-state index contributed by atoms with van der Waals surface area (Å²) in [6.45, 7) is 0. The molecule has 0 amide bonds. The van der Waals surface area contributed by atoms with Crippen molar-refractivity contribution < 1.29 is 14.3 Å². The molecule has 0 aliphatic heterocycles. The number of carboxylic acid groups (broad SMARTS) is 1. The van der Waals surface area contributed by atoms with Crippen molar-refractivity contribution in [1.82, 2.24) is 4.37 Å². The third kappa shape index (κ3) is 1.87. The highest BCUT2D eigenvalue weighted by Gasteiger charge is 2.14. The van der Waals surface area contributed by atoms with E-state index in [0.29, 0.717) is 11.3 Å². The number of benzene rings is 1. The van der Waals surface area contributed by atoms with E-state index in [1.54, 1.807) is 0 Å². The molecule has 15 heavy (non-hydrogen) atoms. The maximum Gasteiger partial charge on any atom is 0.338 e. The average molecular weight is 223 g/mol. The minimum absolute atomic E-state index is 0.145. The van der Waals surface area contributed by atoms with Gasteiger partial charge in [0.15, 0.2) is 0 Å². The fraction of sp³-hybridized carbons (Fsp3) is 0. The van der Waals surface area contributed by atoms with Crippen molar-refractivity contribution in [2.24, 2.45) is 0 Å². The first-order valence-corrected chi connectivity index (χ1v) is 4.96. The predicted octanol–water partition coefficient (Wildman–Crippen LogP) is 2.65. The maximum absolute atomic E-state index is 12.7. The first-order chi connectivity index (χ1) is 7.18. The van der Waals surface area contributed by atoms with E-state index >= 15 is 0 Å². The number of aromatic carboxylic acids is 1. The number of hydrogen-bond acceptors (Lipinski definition) is 3. The van der Waals surface area contributed by atoms with Crippen LogP contribution in [0.1, 0.15) is 10.4 Å². The molecule has 2 rings (SSSR count). The number of nitrogens with zero attached hydrogens (tertiary/aromatic N) is 1. The quantitative estimate of drug-likeness (QED) is 0.851. The van der Waals surface area contributed by atoms with Gasteiger partial charge >= 0.3 is 5.97 Å². The molecule has 0 unspecified atom stereocenters. The van der Waals surface area contributed by atoms with Crippen LogP contribution in [0.2, 0.25) is 0 Å². The van der Waals surface area contributed by atoms with Gasteiger partial charge in [0.2, 0.25) is 0 Å². The van der Waals surface area contributed by atoms with Crippen LogP contribution >= 0.6 is 11.5 Å². The van der Waals surface area contributed by atoms with Crippen molar-refractivity contribution >= 4 is 17.5 Å². The van der Waals surface area contributed by atoms with Crippen molar-refractivity contribution in [3.63, 3.8) is 0 Å². The van der Waals surface area contributed by atoms with Crippen LogP contribution in [-0.4, -0.2) is 15.4 Å². The Morgan fingerprint density at radius 2 is 2.00 bits per heavy atom. The van der Waals surface area contributed by atoms with Gasteiger partial charge < -0.3 is 5.11 Å². The maximum atomic E-state index is 12.7. The van der Waals surface area contributed by atoms with Gasteiger partial charge in [-0.1, -0.05) is 0 Å². The summed E-state index contributed by atoms with van der Waals surface area (Å²) in [7, 11) is 0. The van der Waals surface area contributed by atoms with Crippen LogP contribution in [0.4, 0.5) is 4.39 Å². The van der Waals surface area contributed by atoms with Crippen LogP contribution in [0, 0.1) is 5.82 Å². The van der Waals surface area contributed by atoms with Crippen LogP contribution in [0.5, 0.6) is 0 Å². The third-order valence-corrected chi connectivity index (χ3v) is 2.55. The zero-order valence-electron chi connectivity index (χ0n) is 7.48. The molecule has 76 valence electrons. The van der Waals surface area contributed by atoms with Gasteiger partial charge in [-0.25, -0.2) is 9.18 Å². The lowest BCUT2D eigenvalue weighted by Crippen LogP contribution is -1.96. The van der Waals surface area contributed by atoms with Crippen molar-refractivity contribution in [2.75, 3.05) is 0 Å². The van der Waals surface area contributed by atoms with E-state index in [4.69, 9.17) is 5.11 Å². The third-order valence-electron chi connectivity index (χ3n) is 1.92. The predicted molar refractivity (Wildman–Crippen MR) is 54.5 cm³/mol. The molecule has 1 N–H and O–H groups in total. The van der Waals surface area contributed by atoms with E-state index in [1.165, 1.54) is 29.6 Å². The molecule has 0 saturated carbocycles. The zero-order valence-corrected chi connectivity index (χ0v) is 8.29. The number of rotatable bonds is 2. The summed E-state index contributed by atoms with van der Waals surface area (Å²) >= 11 is 1.07. The molecule has 2 aromatic rings. The summed E-state index contributed by atoms with van der Waals surface area (Å²) in [6, 6.07) is 5.58. The van der Waals surface area contributed by atoms with Gasteiger partial charge in [-0.15, -0.1) is 0 Å². The molecule has 1 aromatic carbocycles. The van der Waals surface area contributed by atoms with Crippen LogP contribution in [0.25, 0.3) is 11.3 Å². The van der Waals surface area contributed by atoms with E-state index in [-0.39, 0.29) is 11.4 Å². The van der Waals surface area contributed by atoms with Crippen LogP contribution < -0.4 is 0 Å². The van der Waals surface area contributed by atoms with Crippen LogP contribution in [-0.2, 0) is 0 Å². The highest BCUT2D eigenvalue weighted by atomic mass is 32.1. The van der Waals surface area contributed by atoms with Crippen molar-refractivity contribution in [3.8, 4) is 11.3 Å². The smallest absolute Gasteiger partial charge is 0.338 e. The van der Waals surface area contributed by atoms with Crippen LogP contribution in [0.15, 0.2) is 29.6 Å². The van der Waals surface area contributed by atoms with Gasteiger partial charge in [0.1, 0.15) is 5.82 Å². The lowest BCUT2D eigenvalue weighted by Gasteiger charge is -1.98. The molecule has 0 radical (unpaired) electrons. The Morgan fingerprint density at radius 3 is 2.60 bits per heavy atom. The lowest BCUT2D eigenvalue weighted by atomic mass is 10.1. The number of aromatic nitrogens is 1. The molecule has 0 bridgehead atoms. The molecule has 0 saturated heterocycles. The molecular formula is C10H6FNO2S. The minimum Gasteiger partial charge on any atom is -0.478 e. The van der Waals surface area contributed by atoms with E-state index < -0.39 is 5.97 Å². The van der Waals surface area contributed by atoms with Crippen molar-refractivity contribution in [2.45, 2.75) is 0 Å². The standard InChI is InChI=1S/C10H6FNO2S/c11-7-3-1-6(2-4-7)9-8(10(13)14)5-15-12-9/h1-5H,(H,13,14). The summed E-state index contributed by atoms with van der Waals surface area (Å²) in [5.74, 6) is -1.38. The zero-order chi connectivity index (χ0) is 10.8. The highest BCUT2D eigenvalue weighted by Crippen LogP contribution is 2.24. The van der Waals surface area contributed by atoms with E-state index in [2.05, 4.69) is 4.37 Å². The van der Waals surface area contributed by atoms with E-state index in [0.717, 1.165) is 11.5 Å². The van der Waals surface area contributed by atoms with Gasteiger partial charge in [0, 0.05) is 10.9 Å². The van der Waals surface area contributed by atoms with E-state index in [1.807, 2.05) is 0 Å². The molecule has 1 aromatic heterocycles. The number of hydrogen-bond donors (Lipinski definition) is 1. The first kappa shape index (κ1) is 9.79. The normalized spacial score (nSPS) is 10.2. The molecule has 0 spiro atoms. The number of halogens is 1. The fourth-order valence-corrected chi connectivity index (χ4v) is 1.88. The summed E-state index contributed by atoms with van der Waals surface area (Å²) in [6.07, 6.45) is 0. The van der Waals surface area contributed by atoms with Gasteiger partial charge in [-0.2, -0.15) is 4.37 Å². The molecule has 0 aliphatic rings. The topological polar surface area (TPSA) is 50.2 Å². The fourth-order valence-electron chi connectivity index (χ4n) is 1.20. The van der Waals surface area contributed by atoms with Gasteiger partial charge in [0.25, 0.3) is 0 Å². The average Bonchev–Trinajstić information content (AvgIpc) is 2.67. The van der Waals surface area contributed by atoms with Gasteiger partial charge in [0.05, 0.1) is 11.3 Å². The molecule has 0 aliphatic carbocycles. The Labute approximate surface area is 89.0 Å². The Bertz CT molecular complexity index is 492. The molecular weight excluding hydrogens is 217 g/mol. The Kier molecular flexibility index (Phi) is 2.47. The first-order valence-electron chi connectivity index (χ1n) is 4.12. The van der Waals surface area contributed by atoms with Crippen LogP contribution in [0.3, 0.4) is 0 Å². The summed E-state index contributed by atoms with van der Waals surface area (Å²) in [4.78, 5) is 10.8. The minimum atomic E-state index is -1.02. The van der Waals surface area contributed by atoms with E-state index in [9.17, 15) is 9.18 Å². The largest absolute Gasteiger partial charge is 0.478 e. The highest BCUT2D eigenvalue weighted by molar-refractivity contribution is 7.04. The molecule has 0 fully saturated rings. The molecule has 5 heteroatoms. The summed E-state index contributed by atoms with van der Waals surface area (Å²) < 4.78 is 16.6. The Balaban J connectivity index is 2.49. The lowest BCUT2D eigenvalue weighted by molar-refractivity contribution is 0.0698. The molecule has 3 nitrogen and oxygen atoms in total. The molecule has 0 atom stereocenters. The summed E-state index contributed by atoms with van der Waals surface area (Å²) in [5.41, 5.74) is 1.13. The second kappa shape index (κ2) is 3.78. The Morgan fingerprint density at radius 1 is 1.33 bits per heavy atom. The number of carbonyl (C=O) groups is 1. The number of carboxylic acids is 1. The second-order valence-corrected chi connectivity index (χ2v) is 3.52. The second-order valence-electron chi connectivity index (χ2n) is 2.89. The van der Waals surface area contributed by atoms with Gasteiger partial charge in [-0.05, 0) is 35.8 Å². The molecule has 1 heterocycles. The van der Waals surface area contributed by atoms with Crippen molar-refractivity contribution in [3.05, 3.63) is 41.0 Å². The SMILES string of the molecule is O=C(O)c1csnc1-c1ccc(F)cc1. The van der Waals surface area contributed by atoms with Gasteiger partial charge in [-0.3, -0.25) is 0 Å².